The van der Waals surface area contributed by atoms with Gasteiger partial charge in [0.2, 0.25) is 10.0 Å². The Bertz CT molecular complexity index is 502. The molecule has 0 saturated carbocycles. The topological polar surface area (TPSA) is 46.2 Å². The van der Waals surface area contributed by atoms with Crippen molar-refractivity contribution in [3.8, 4) is 0 Å². The zero-order valence-electron chi connectivity index (χ0n) is 10.5. The van der Waals surface area contributed by atoms with E-state index in [1.807, 2.05) is 0 Å². The number of halogens is 3. The van der Waals surface area contributed by atoms with E-state index in [-0.39, 0.29) is 23.6 Å². The number of hydrogen-bond acceptors (Lipinski definition) is 2. The van der Waals surface area contributed by atoms with E-state index in [0.717, 1.165) is 12.1 Å². The Morgan fingerprint density at radius 1 is 1.32 bits per heavy atom. The summed E-state index contributed by atoms with van der Waals surface area (Å²) in [6.07, 6.45) is 0.288. The van der Waals surface area contributed by atoms with Crippen LogP contribution in [0.2, 0.25) is 0 Å². The largest absolute Gasteiger partial charge is 0.212 e. The summed E-state index contributed by atoms with van der Waals surface area (Å²) in [5.41, 5.74) is -0.116. The van der Waals surface area contributed by atoms with E-state index in [1.54, 1.807) is 6.92 Å². The van der Waals surface area contributed by atoms with E-state index in [9.17, 15) is 17.2 Å². The molecule has 0 bridgehead atoms. The van der Waals surface area contributed by atoms with Crippen molar-refractivity contribution in [3.05, 3.63) is 35.4 Å². The lowest BCUT2D eigenvalue weighted by atomic mass is 10.1. The lowest BCUT2D eigenvalue weighted by Gasteiger charge is -2.15. The first kappa shape index (κ1) is 16.3. The van der Waals surface area contributed by atoms with Gasteiger partial charge in [-0.15, -0.1) is 11.6 Å². The Kier molecular flexibility index (Phi) is 6.16. The number of sulfonamides is 1. The summed E-state index contributed by atoms with van der Waals surface area (Å²) in [5, 5.41) is 0. The third kappa shape index (κ3) is 5.42. The maximum Gasteiger partial charge on any atom is 0.211 e. The molecule has 0 radical (unpaired) electrons. The van der Waals surface area contributed by atoms with Crippen LogP contribution in [0, 0.1) is 11.6 Å². The third-order valence-electron chi connectivity index (χ3n) is 2.50. The fourth-order valence-corrected chi connectivity index (χ4v) is 3.32. The molecular weight excluding hydrogens is 296 g/mol. The minimum Gasteiger partial charge on any atom is -0.212 e. The maximum absolute atomic E-state index is 13.4. The number of hydrogen-bond donors (Lipinski definition) is 1. The monoisotopic (exact) mass is 311 g/mol. The van der Waals surface area contributed by atoms with E-state index in [2.05, 4.69) is 4.72 Å². The van der Waals surface area contributed by atoms with Gasteiger partial charge in [0.05, 0.1) is 5.75 Å². The van der Waals surface area contributed by atoms with Crippen molar-refractivity contribution in [3.63, 3.8) is 0 Å². The highest BCUT2D eigenvalue weighted by atomic mass is 35.5. The number of rotatable bonds is 7. The molecule has 0 saturated heterocycles. The van der Waals surface area contributed by atoms with Crippen molar-refractivity contribution in [2.75, 3.05) is 11.6 Å². The Morgan fingerprint density at radius 2 is 1.89 bits per heavy atom. The van der Waals surface area contributed by atoms with Crippen LogP contribution in [0.3, 0.4) is 0 Å². The predicted molar refractivity (Wildman–Crippen MR) is 71.8 cm³/mol. The summed E-state index contributed by atoms with van der Waals surface area (Å²) >= 11 is 5.42. The minimum absolute atomic E-state index is 0.0430. The molecule has 1 N–H and O–H groups in total. The second-order valence-electron chi connectivity index (χ2n) is 4.28. The summed E-state index contributed by atoms with van der Waals surface area (Å²) < 4.78 is 52.4. The fraction of sp³-hybridized carbons (Fsp3) is 0.500. The molecule has 1 aromatic carbocycles. The second kappa shape index (κ2) is 7.17. The van der Waals surface area contributed by atoms with E-state index in [0.29, 0.717) is 6.42 Å². The Morgan fingerprint density at radius 3 is 2.42 bits per heavy atom. The van der Waals surface area contributed by atoms with Crippen molar-refractivity contribution >= 4 is 21.6 Å². The smallest absolute Gasteiger partial charge is 0.211 e. The van der Waals surface area contributed by atoms with Crippen molar-refractivity contribution in [2.45, 2.75) is 25.8 Å². The van der Waals surface area contributed by atoms with Gasteiger partial charge < -0.3 is 0 Å². The zero-order chi connectivity index (χ0) is 14.5. The van der Waals surface area contributed by atoms with Crippen LogP contribution in [0.25, 0.3) is 0 Å². The van der Waals surface area contributed by atoms with Gasteiger partial charge in [-0.3, -0.25) is 0 Å². The average Bonchev–Trinajstić information content (AvgIpc) is 2.31. The molecule has 108 valence electrons. The van der Waals surface area contributed by atoms with Crippen molar-refractivity contribution < 1.29 is 17.2 Å². The van der Waals surface area contributed by atoms with Crippen molar-refractivity contribution in [1.29, 1.82) is 0 Å². The van der Waals surface area contributed by atoms with E-state index in [4.69, 9.17) is 11.6 Å². The van der Waals surface area contributed by atoms with E-state index >= 15 is 0 Å². The highest BCUT2D eigenvalue weighted by molar-refractivity contribution is 7.89. The fourth-order valence-electron chi connectivity index (χ4n) is 1.69. The van der Waals surface area contributed by atoms with Gasteiger partial charge in [-0.25, -0.2) is 21.9 Å². The molecule has 3 nitrogen and oxygen atoms in total. The number of alkyl halides is 1. The van der Waals surface area contributed by atoms with Crippen LogP contribution >= 0.6 is 11.6 Å². The molecule has 1 rings (SSSR count). The van der Waals surface area contributed by atoms with E-state index in [1.165, 1.54) is 6.07 Å². The van der Waals surface area contributed by atoms with Crippen LogP contribution in [0.1, 0.15) is 18.9 Å². The van der Waals surface area contributed by atoms with Crippen LogP contribution in [0.15, 0.2) is 18.2 Å². The Hall–Kier alpha value is -0.720. The molecule has 0 heterocycles. The standard InChI is InChI=1S/C12H16ClF2NO2S/c1-9(16-19(17,18)7-3-6-13)8-10-11(14)4-2-5-12(10)15/h2,4-5,9,16H,3,6-8H2,1H3. The first-order valence-corrected chi connectivity index (χ1v) is 8.03. The molecule has 0 aromatic heterocycles. The number of benzene rings is 1. The van der Waals surface area contributed by atoms with Gasteiger partial charge >= 0.3 is 0 Å². The molecular formula is C12H16ClF2NO2S. The first-order valence-electron chi connectivity index (χ1n) is 5.84. The molecule has 0 aliphatic rings. The quantitative estimate of drug-likeness (QED) is 0.786. The molecule has 7 heteroatoms. The van der Waals surface area contributed by atoms with Crippen LogP contribution in [0.5, 0.6) is 0 Å². The highest BCUT2D eigenvalue weighted by Gasteiger charge is 2.17. The molecule has 0 aliphatic carbocycles. The van der Waals surface area contributed by atoms with Crippen LogP contribution in [0.4, 0.5) is 8.78 Å². The molecule has 1 aromatic rings. The summed E-state index contributed by atoms with van der Waals surface area (Å²) in [5.74, 6) is -1.20. The molecule has 19 heavy (non-hydrogen) atoms. The normalized spacial score (nSPS) is 13.5. The minimum atomic E-state index is -3.47. The third-order valence-corrected chi connectivity index (χ3v) is 4.35. The van der Waals surface area contributed by atoms with Gasteiger partial charge in [-0.2, -0.15) is 0 Å². The maximum atomic E-state index is 13.4. The molecule has 1 unspecified atom stereocenters. The van der Waals surface area contributed by atoms with E-state index < -0.39 is 27.7 Å². The van der Waals surface area contributed by atoms with Gasteiger partial charge in [0.15, 0.2) is 0 Å². The number of nitrogens with one attached hydrogen (secondary N) is 1. The lowest BCUT2D eigenvalue weighted by molar-refractivity contribution is 0.522. The summed E-state index contributed by atoms with van der Waals surface area (Å²) in [4.78, 5) is 0. The average molecular weight is 312 g/mol. The summed E-state index contributed by atoms with van der Waals surface area (Å²) in [6.45, 7) is 1.56. The molecule has 0 fully saturated rings. The molecule has 1 atom stereocenters. The van der Waals surface area contributed by atoms with Gasteiger partial charge in [0, 0.05) is 17.5 Å². The SMILES string of the molecule is CC(Cc1c(F)cccc1F)NS(=O)(=O)CCCCl. The lowest BCUT2D eigenvalue weighted by Crippen LogP contribution is -2.36. The van der Waals surface area contributed by atoms with Gasteiger partial charge in [0.1, 0.15) is 11.6 Å². The summed E-state index contributed by atoms with van der Waals surface area (Å²) in [6, 6.07) is 2.97. The Balaban J connectivity index is 2.68. The molecule has 0 spiro atoms. The van der Waals surface area contributed by atoms with Crippen molar-refractivity contribution in [1.82, 2.24) is 4.72 Å². The van der Waals surface area contributed by atoms with Gasteiger partial charge in [-0.1, -0.05) is 6.07 Å². The first-order chi connectivity index (χ1) is 8.85. The Labute approximate surface area is 117 Å². The van der Waals surface area contributed by atoms with Gasteiger partial charge in [0.25, 0.3) is 0 Å². The zero-order valence-corrected chi connectivity index (χ0v) is 12.1. The summed E-state index contributed by atoms with van der Waals surface area (Å²) in [7, 11) is -3.47. The van der Waals surface area contributed by atoms with Crippen molar-refractivity contribution in [2.24, 2.45) is 0 Å². The van der Waals surface area contributed by atoms with Crippen LogP contribution in [-0.2, 0) is 16.4 Å². The van der Waals surface area contributed by atoms with Crippen LogP contribution < -0.4 is 4.72 Å². The van der Waals surface area contributed by atoms with Gasteiger partial charge in [-0.05, 0) is 31.9 Å². The molecule has 0 amide bonds. The van der Waals surface area contributed by atoms with Crippen LogP contribution in [-0.4, -0.2) is 26.1 Å². The highest BCUT2D eigenvalue weighted by Crippen LogP contribution is 2.14. The molecule has 0 aliphatic heterocycles. The second-order valence-corrected chi connectivity index (χ2v) is 6.54. The predicted octanol–water partition coefficient (Wildman–Crippen LogP) is 2.44.